The van der Waals surface area contributed by atoms with Crippen molar-refractivity contribution in [1.82, 2.24) is 0 Å². The van der Waals surface area contributed by atoms with Gasteiger partial charge < -0.3 is 11.5 Å². The van der Waals surface area contributed by atoms with E-state index in [-0.39, 0.29) is 35.7 Å². The zero-order valence-electron chi connectivity index (χ0n) is 9.24. The van der Waals surface area contributed by atoms with Crippen LogP contribution in [0.2, 0.25) is 0 Å². The third-order valence-corrected chi connectivity index (χ3v) is 4.63. The molecule has 0 aromatic rings. The number of nitrogens with two attached hydrogens (primary N) is 2. The lowest BCUT2D eigenvalue weighted by Gasteiger charge is -2.54. The van der Waals surface area contributed by atoms with E-state index in [0.717, 1.165) is 19.3 Å². The van der Waals surface area contributed by atoms with Gasteiger partial charge in [-0.3, -0.25) is 4.79 Å². The molecule has 15 heavy (non-hydrogen) atoms. The van der Waals surface area contributed by atoms with Gasteiger partial charge >= 0.3 is 0 Å². The Hall–Kier alpha value is -0.280. The van der Waals surface area contributed by atoms with Crippen molar-refractivity contribution in [1.29, 1.82) is 0 Å². The van der Waals surface area contributed by atoms with E-state index in [0.29, 0.717) is 5.92 Å². The second kappa shape index (κ2) is 4.30. The van der Waals surface area contributed by atoms with Crippen LogP contribution in [-0.4, -0.2) is 11.9 Å². The molecule has 3 aliphatic rings. The Morgan fingerprint density at radius 2 is 1.93 bits per heavy atom. The van der Waals surface area contributed by atoms with Crippen LogP contribution in [0.1, 0.15) is 39.0 Å². The van der Waals surface area contributed by atoms with Gasteiger partial charge in [0.05, 0.1) is 5.92 Å². The quantitative estimate of drug-likeness (QED) is 0.757. The lowest BCUT2D eigenvalue weighted by Crippen LogP contribution is -2.59. The smallest absolute Gasteiger partial charge is 0.222 e. The van der Waals surface area contributed by atoms with Gasteiger partial charge in [-0.2, -0.15) is 0 Å². The van der Waals surface area contributed by atoms with E-state index in [1.54, 1.807) is 0 Å². The number of fused-ring (bicyclic) bond motifs is 3. The molecule has 2 bridgehead atoms. The topological polar surface area (TPSA) is 69.1 Å². The minimum atomic E-state index is -0.177. The minimum Gasteiger partial charge on any atom is -0.369 e. The lowest BCUT2D eigenvalue weighted by atomic mass is 9.52. The molecule has 4 N–H and O–H groups in total. The molecular formula is C11H21ClN2O. The van der Waals surface area contributed by atoms with Gasteiger partial charge in [-0.15, -0.1) is 12.4 Å². The van der Waals surface area contributed by atoms with Crippen LogP contribution in [0.5, 0.6) is 0 Å². The average Bonchev–Trinajstić information content (AvgIpc) is 2.18. The first-order valence-electron chi connectivity index (χ1n) is 5.65. The number of primary amides is 1. The molecule has 3 aliphatic carbocycles. The number of hydrogen-bond donors (Lipinski definition) is 2. The van der Waals surface area contributed by atoms with Crippen molar-refractivity contribution in [2.75, 3.05) is 0 Å². The molecule has 3 rings (SSSR count). The summed E-state index contributed by atoms with van der Waals surface area (Å²) in [6.45, 7) is 2.16. The molecule has 0 saturated heterocycles. The predicted octanol–water partition coefficient (Wildman–Crippen LogP) is 1.44. The first kappa shape index (κ1) is 12.8. The zero-order chi connectivity index (χ0) is 10.3. The molecule has 88 valence electrons. The largest absolute Gasteiger partial charge is 0.369 e. The number of hydrogen-bond acceptors (Lipinski definition) is 2. The third kappa shape index (κ3) is 1.76. The first-order valence-corrected chi connectivity index (χ1v) is 5.65. The van der Waals surface area contributed by atoms with Crippen LogP contribution in [0.15, 0.2) is 0 Å². The highest BCUT2D eigenvalue weighted by Gasteiger charge is 2.53. The molecule has 3 fully saturated rings. The van der Waals surface area contributed by atoms with Crippen molar-refractivity contribution < 1.29 is 4.79 Å². The summed E-state index contributed by atoms with van der Waals surface area (Å²) >= 11 is 0. The first-order chi connectivity index (χ1) is 6.60. The monoisotopic (exact) mass is 232 g/mol. The van der Waals surface area contributed by atoms with Crippen LogP contribution in [0.25, 0.3) is 0 Å². The van der Waals surface area contributed by atoms with Crippen LogP contribution in [-0.2, 0) is 4.79 Å². The number of amides is 1. The fourth-order valence-electron chi connectivity index (χ4n) is 3.66. The second-order valence-corrected chi connectivity index (χ2v) is 5.01. The highest BCUT2D eigenvalue weighted by atomic mass is 35.5. The van der Waals surface area contributed by atoms with Gasteiger partial charge in [-0.25, -0.2) is 0 Å². The highest BCUT2D eigenvalue weighted by Crippen LogP contribution is 2.54. The van der Waals surface area contributed by atoms with E-state index in [9.17, 15) is 4.79 Å². The van der Waals surface area contributed by atoms with Crippen molar-refractivity contribution >= 4 is 18.3 Å². The fourth-order valence-corrected chi connectivity index (χ4v) is 3.66. The Balaban J connectivity index is 0.00000112. The predicted molar refractivity (Wildman–Crippen MR) is 62.6 cm³/mol. The second-order valence-electron chi connectivity index (χ2n) is 5.01. The summed E-state index contributed by atoms with van der Waals surface area (Å²) in [5.74, 6) is 0.296. The third-order valence-electron chi connectivity index (χ3n) is 4.63. The van der Waals surface area contributed by atoms with Crippen molar-refractivity contribution in [2.24, 2.45) is 28.7 Å². The molecule has 0 aliphatic heterocycles. The number of halogens is 1. The maximum absolute atomic E-state index is 11.5. The molecule has 1 amide bonds. The molecule has 0 aromatic heterocycles. The Kier molecular flexibility index (Phi) is 3.67. The van der Waals surface area contributed by atoms with Gasteiger partial charge in [0, 0.05) is 6.04 Å². The van der Waals surface area contributed by atoms with Gasteiger partial charge in [0.2, 0.25) is 5.91 Å². The van der Waals surface area contributed by atoms with E-state index < -0.39 is 0 Å². The van der Waals surface area contributed by atoms with Gasteiger partial charge in [0.1, 0.15) is 0 Å². The molecule has 3 nitrogen and oxygen atoms in total. The number of rotatable bonds is 2. The van der Waals surface area contributed by atoms with Gasteiger partial charge in [0.15, 0.2) is 0 Å². The maximum atomic E-state index is 11.5. The van der Waals surface area contributed by atoms with E-state index in [1.807, 2.05) is 0 Å². The summed E-state index contributed by atoms with van der Waals surface area (Å²) in [6.07, 6.45) is 5.73. The summed E-state index contributed by atoms with van der Waals surface area (Å²) in [5, 5.41) is 0. The standard InChI is InChI=1S/C11H20N2O.ClH/c1-2-11-5-3-7(4-6-11)9(12)8(11)10(13)14;/h7-9H,2-6,12H2,1H3,(H2,13,14);1H/t7?,8-,9-,11?;/m0./s1. The molecular weight excluding hydrogens is 212 g/mol. The van der Waals surface area contributed by atoms with Gasteiger partial charge in [0.25, 0.3) is 0 Å². The molecule has 4 heteroatoms. The van der Waals surface area contributed by atoms with Gasteiger partial charge in [-0.1, -0.05) is 6.92 Å². The Bertz CT molecular complexity index is 249. The van der Waals surface area contributed by atoms with Gasteiger partial charge in [-0.05, 0) is 43.4 Å². The van der Waals surface area contributed by atoms with Crippen LogP contribution >= 0.6 is 12.4 Å². The van der Waals surface area contributed by atoms with Crippen molar-refractivity contribution in [3.8, 4) is 0 Å². The van der Waals surface area contributed by atoms with Crippen LogP contribution in [0.3, 0.4) is 0 Å². The van der Waals surface area contributed by atoms with Crippen molar-refractivity contribution in [3.05, 3.63) is 0 Å². The summed E-state index contributed by atoms with van der Waals surface area (Å²) in [4.78, 5) is 11.5. The highest BCUT2D eigenvalue weighted by molar-refractivity contribution is 5.85. The van der Waals surface area contributed by atoms with Crippen molar-refractivity contribution in [3.63, 3.8) is 0 Å². The fraction of sp³-hybridized carbons (Fsp3) is 0.909. The normalized spacial score (nSPS) is 43.5. The van der Waals surface area contributed by atoms with E-state index in [1.165, 1.54) is 12.8 Å². The van der Waals surface area contributed by atoms with Crippen molar-refractivity contribution in [2.45, 2.75) is 45.1 Å². The van der Waals surface area contributed by atoms with E-state index in [2.05, 4.69) is 6.92 Å². The summed E-state index contributed by atoms with van der Waals surface area (Å²) in [7, 11) is 0. The summed E-state index contributed by atoms with van der Waals surface area (Å²) < 4.78 is 0. The SMILES string of the molecule is CCC12CCC(CC1)[C@H](N)[C@H]2C(N)=O.Cl. The molecule has 0 radical (unpaired) electrons. The molecule has 3 saturated carbocycles. The molecule has 0 spiro atoms. The lowest BCUT2D eigenvalue weighted by molar-refractivity contribution is -0.135. The Morgan fingerprint density at radius 3 is 2.27 bits per heavy atom. The maximum Gasteiger partial charge on any atom is 0.222 e. The Labute approximate surface area is 97.4 Å². The molecule has 0 unspecified atom stereocenters. The van der Waals surface area contributed by atoms with E-state index in [4.69, 9.17) is 11.5 Å². The zero-order valence-corrected chi connectivity index (χ0v) is 10.1. The number of carbonyl (C=O) groups is 1. The Morgan fingerprint density at radius 1 is 1.40 bits per heavy atom. The molecule has 0 heterocycles. The summed E-state index contributed by atoms with van der Waals surface area (Å²) in [6, 6.07) is 0.0231. The van der Waals surface area contributed by atoms with Crippen LogP contribution in [0, 0.1) is 17.3 Å². The molecule has 2 atom stereocenters. The van der Waals surface area contributed by atoms with Crippen LogP contribution < -0.4 is 11.5 Å². The minimum absolute atomic E-state index is 0. The van der Waals surface area contributed by atoms with Crippen LogP contribution in [0.4, 0.5) is 0 Å². The number of carbonyl (C=O) groups excluding carboxylic acids is 1. The van der Waals surface area contributed by atoms with E-state index >= 15 is 0 Å². The summed E-state index contributed by atoms with van der Waals surface area (Å²) in [5.41, 5.74) is 11.7. The molecule has 0 aromatic carbocycles. The average molecular weight is 233 g/mol.